The topological polar surface area (TPSA) is 55.5 Å². The highest BCUT2D eigenvalue weighted by molar-refractivity contribution is 4.78. The van der Waals surface area contributed by atoms with Crippen molar-refractivity contribution < 1.29 is 9.84 Å². The minimum Gasteiger partial charge on any atom is -0.396 e. The van der Waals surface area contributed by atoms with Crippen LogP contribution in [0, 0.1) is 0 Å². The average molecular weight is 173 g/mol. The molecule has 1 aliphatic rings. The van der Waals surface area contributed by atoms with E-state index in [-0.39, 0.29) is 18.8 Å². The van der Waals surface area contributed by atoms with Crippen molar-refractivity contribution in [3.05, 3.63) is 0 Å². The Labute approximate surface area is 73.9 Å². The zero-order valence-corrected chi connectivity index (χ0v) is 7.54. The molecule has 1 fully saturated rings. The fourth-order valence-electron chi connectivity index (χ4n) is 1.63. The maximum atomic E-state index is 8.55. The number of aliphatic hydroxyl groups excluding tert-OH is 1. The van der Waals surface area contributed by atoms with Crippen LogP contribution in [-0.4, -0.2) is 30.5 Å². The van der Waals surface area contributed by atoms with E-state index in [4.69, 9.17) is 15.6 Å². The molecule has 1 aliphatic carbocycles. The van der Waals surface area contributed by atoms with Crippen LogP contribution >= 0.6 is 0 Å². The van der Waals surface area contributed by atoms with Gasteiger partial charge in [0.05, 0.1) is 6.10 Å². The van der Waals surface area contributed by atoms with Gasteiger partial charge in [-0.25, -0.2) is 0 Å². The molecule has 0 aromatic heterocycles. The molecule has 0 heterocycles. The number of hydrogen-bond acceptors (Lipinski definition) is 3. The van der Waals surface area contributed by atoms with Crippen molar-refractivity contribution >= 4 is 0 Å². The minimum absolute atomic E-state index is 0.210. The molecule has 0 aromatic rings. The summed E-state index contributed by atoms with van der Waals surface area (Å²) in [5, 5.41) is 8.55. The van der Waals surface area contributed by atoms with E-state index in [1.54, 1.807) is 0 Å². The zero-order valence-electron chi connectivity index (χ0n) is 7.54. The normalized spacial score (nSPS) is 30.5. The molecule has 2 atom stereocenters. The second-order valence-electron chi connectivity index (χ2n) is 3.43. The lowest BCUT2D eigenvalue weighted by atomic mass is 9.93. The van der Waals surface area contributed by atoms with Gasteiger partial charge in [0.25, 0.3) is 0 Å². The summed E-state index contributed by atoms with van der Waals surface area (Å²) in [6.07, 6.45) is 5.61. The van der Waals surface area contributed by atoms with Crippen LogP contribution in [0.15, 0.2) is 0 Å². The van der Waals surface area contributed by atoms with Gasteiger partial charge in [-0.15, -0.1) is 0 Å². The third-order valence-corrected chi connectivity index (χ3v) is 2.39. The molecule has 0 radical (unpaired) electrons. The lowest BCUT2D eigenvalue weighted by Crippen LogP contribution is -2.39. The summed E-state index contributed by atoms with van der Waals surface area (Å²) in [6.45, 7) is 0.858. The van der Waals surface area contributed by atoms with E-state index in [0.29, 0.717) is 6.61 Å². The number of rotatable bonds is 4. The molecule has 0 saturated heterocycles. The Hall–Kier alpha value is -0.120. The van der Waals surface area contributed by atoms with Gasteiger partial charge in [-0.1, -0.05) is 12.8 Å². The van der Waals surface area contributed by atoms with Crippen LogP contribution in [0.4, 0.5) is 0 Å². The van der Waals surface area contributed by atoms with E-state index >= 15 is 0 Å². The van der Waals surface area contributed by atoms with Crippen LogP contribution in [0.25, 0.3) is 0 Å². The summed E-state index contributed by atoms with van der Waals surface area (Å²) in [6, 6.07) is 0.220. The zero-order chi connectivity index (χ0) is 8.81. The first-order chi connectivity index (χ1) is 5.84. The molecule has 0 aromatic carbocycles. The Balaban J connectivity index is 2.11. The number of ether oxygens (including phenoxy) is 1. The molecule has 3 N–H and O–H groups in total. The second kappa shape index (κ2) is 5.51. The summed E-state index contributed by atoms with van der Waals surface area (Å²) in [4.78, 5) is 0. The lowest BCUT2D eigenvalue weighted by molar-refractivity contribution is 0.00897. The molecule has 12 heavy (non-hydrogen) atoms. The van der Waals surface area contributed by atoms with Crippen LogP contribution in [0.5, 0.6) is 0 Å². The van der Waals surface area contributed by atoms with Crippen molar-refractivity contribution in [2.75, 3.05) is 13.2 Å². The number of nitrogens with two attached hydrogens (primary N) is 1. The average Bonchev–Trinajstić information content (AvgIpc) is 2.09. The third-order valence-electron chi connectivity index (χ3n) is 2.39. The van der Waals surface area contributed by atoms with E-state index in [1.165, 1.54) is 12.8 Å². The van der Waals surface area contributed by atoms with Gasteiger partial charge in [0.15, 0.2) is 0 Å². The largest absolute Gasteiger partial charge is 0.396 e. The maximum Gasteiger partial charge on any atom is 0.0725 e. The second-order valence-corrected chi connectivity index (χ2v) is 3.43. The Morgan fingerprint density at radius 3 is 2.75 bits per heavy atom. The van der Waals surface area contributed by atoms with Crippen LogP contribution in [0.2, 0.25) is 0 Å². The summed E-state index contributed by atoms with van der Waals surface area (Å²) in [5.41, 5.74) is 5.87. The van der Waals surface area contributed by atoms with Gasteiger partial charge < -0.3 is 15.6 Å². The fourth-order valence-corrected chi connectivity index (χ4v) is 1.63. The summed E-state index contributed by atoms with van der Waals surface area (Å²) < 4.78 is 5.55. The monoisotopic (exact) mass is 173 g/mol. The Kier molecular flexibility index (Phi) is 4.58. The van der Waals surface area contributed by atoms with Crippen LogP contribution < -0.4 is 5.73 Å². The van der Waals surface area contributed by atoms with E-state index in [9.17, 15) is 0 Å². The molecule has 0 amide bonds. The summed E-state index contributed by atoms with van der Waals surface area (Å²) in [7, 11) is 0. The van der Waals surface area contributed by atoms with Crippen molar-refractivity contribution in [2.24, 2.45) is 5.73 Å². The van der Waals surface area contributed by atoms with Crippen LogP contribution in [0.3, 0.4) is 0 Å². The maximum absolute atomic E-state index is 8.55. The first-order valence-electron chi connectivity index (χ1n) is 4.82. The number of aliphatic hydroxyl groups is 1. The van der Waals surface area contributed by atoms with Crippen LogP contribution in [-0.2, 0) is 4.74 Å². The van der Waals surface area contributed by atoms with Crippen molar-refractivity contribution in [1.29, 1.82) is 0 Å². The molecular formula is C9H19NO2. The highest BCUT2D eigenvalue weighted by atomic mass is 16.5. The Morgan fingerprint density at radius 1 is 1.33 bits per heavy atom. The lowest BCUT2D eigenvalue weighted by Gasteiger charge is -2.28. The van der Waals surface area contributed by atoms with Gasteiger partial charge >= 0.3 is 0 Å². The van der Waals surface area contributed by atoms with E-state index < -0.39 is 0 Å². The molecule has 0 aliphatic heterocycles. The van der Waals surface area contributed by atoms with Gasteiger partial charge in [0.2, 0.25) is 0 Å². The number of hydrogen-bond donors (Lipinski definition) is 2. The van der Waals surface area contributed by atoms with Crippen molar-refractivity contribution in [2.45, 2.75) is 44.2 Å². The van der Waals surface area contributed by atoms with Crippen molar-refractivity contribution in [3.8, 4) is 0 Å². The Morgan fingerprint density at radius 2 is 2.08 bits per heavy atom. The molecule has 0 spiro atoms. The Bertz CT molecular complexity index is 119. The first-order valence-corrected chi connectivity index (χ1v) is 4.82. The van der Waals surface area contributed by atoms with Gasteiger partial charge in [-0.2, -0.15) is 0 Å². The van der Waals surface area contributed by atoms with E-state index in [1.807, 2.05) is 0 Å². The van der Waals surface area contributed by atoms with Gasteiger partial charge in [0, 0.05) is 19.3 Å². The first kappa shape index (κ1) is 9.96. The highest BCUT2D eigenvalue weighted by Gasteiger charge is 2.21. The van der Waals surface area contributed by atoms with Crippen molar-refractivity contribution in [1.82, 2.24) is 0 Å². The smallest absolute Gasteiger partial charge is 0.0725 e. The van der Waals surface area contributed by atoms with E-state index in [0.717, 1.165) is 19.3 Å². The standard InChI is InChI=1S/C9H19NO2/c10-8-4-1-2-5-9(8)12-7-3-6-11/h8-9,11H,1-7,10H2. The van der Waals surface area contributed by atoms with Gasteiger partial charge in [0.1, 0.15) is 0 Å². The summed E-state index contributed by atoms with van der Waals surface area (Å²) in [5.74, 6) is 0. The SMILES string of the molecule is NC1CCCCC1OCCCO. The van der Waals surface area contributed by atoms with Crippen molar-refractivity contribution in [3.63, 3.8) is 0 Å². The third kappa shape index (κ3) is 3.09. The molecular weight excluding hydrogens is 154 g/mol. The molecule has 3 nitrogen and oxygen atoms in total. The van der Waals surface area contributed by atoms with Gasteiger partial charge in [-0.05, 0) is 19.3 Å². The predicted molar refractivity (Wildman–Crippen MR) is 47.9 cm³/mol. The minimum atomic E-state index is 0.210. The molecule has 2 unspecified atom stereocenters. The van der Waals surface area contributed by atoms with Crippen LogP contribution in [0.1, 0.15) is 32.1 Å². The quantitative estimate of drug-likeness (QED) is 0.614. The fraction of sp³-hybridized carbons (Fsp3) is 1.00. The molecule has 72 valence electrons. The molecule has 1 rings (SSSR count). The van der Waals surface area contributed by atoms with Gasteiger partial charge in [-0.3, -0.25) is 0 Å². The molecule has 3 heteroatoms. The predicted octanol–water partition coefficient (Wildman–Crippen LogP) is 0.655. The molecule has 1 saturated carbocycles. The summed E-state index contributed by atoms with van der Waals surface area (Å²) >= 11 is 0. The highest BCUT2D eigenvalue weighted by Crippen LogP contribution is 2.19. The molecule has 0 bridgehead atoms. The van der Waals surface area contributed by atoms with E-state index in [2.05, 4.69) is 0 Å².